The molecule has 1 fully saturated rings. The van der Waals surface area contributed by atoms with E-state index in [1.807, 2.05) is 6.92 Å². The Morgan fingerprint density at radius 2 is 2.11 bits per heavy atom. The molecule has 0 aromatic carbocycles. The maximum absolute atomic E-state index is 6.28. The first kappa shape index (κ1) is 14.6. The Kier molecular flexibility index (Phi) is 4.67. The van der Waals surface area contributed by atoms with Crippen LogP contribution in [0.25, 0.3) is 0 Å². The Balaban J connectivity index is 2.37. The van der Waals surface area contributed by atoms with Crippen LogP contribution in [0.4, 0.5) is 5.82 Å². The summed E-state index contributed by atoms with van der Waals surface area (Å²) in [5, 5.41) is 0.614. The smallest absolute Gasteiger partial charge is 0.137 e. The Morgan fingerprint density at radius 3 is 2.74 bits per heavy atom. The molecule has 2 rings (SSSR count). The summed E-state index contributed by atoms with van der Waals surface area (Å²) in [5.74, 6) is 2.58. The molecule has 0 N–H and O–H groups in total. The highest BCUT2D eigenvalue weighted by molar-refractivity contribution is 6.30. The molecule has 1 aromatic rings. The highest BCUT2D eigenvalue weighted by Crippen LogP contribution is 2.32. The van der Waals surface area contributed by atoms with Gasteiger partial charge in [-0.1, -0.05) is 32.4 Å². The topological polar surface area (TPSA) is 29.0 Å². The highest BCUT2D eigenvalue weighted by Gasteiger charge is 2.30. The predicted molar refractivity (Wildman–Crippen MR) is 81.0 cm³/mol. The van der Waals surface area contributed by atoms with Gasteiger partial charge in [-0.3, -0.25) is 0 Å². The average Bonchev–Trinajstić information content (AvgIpc) is 2.83. The molecule has 1 atom stereocenters. The maximum atomic E-state index is 6.28. The first-order chi connectivity index (χ1) is 9.04. The minimum absolute atomic E-state index is 0.583. The van der Waals surface area contributed by atoms with Crippen molar-refractivity contribution in [2.45, 2.75) is 59.4 Å². The fourth-order valence-corrected chi connectivity index (χ4v) is 3.07. The number of hydrogen-bond donors (Lipinski definition) is 0. The second-order valence-electron chi connectivity index (χ2n) is 5.78. The lowest BCUT2D eigenvalue weighted by molar-refractivity contribution is 0.488. The zero-order chi connectivity index (χ0) is 14.0. The predicted octanol–water partition coefficient (Wildman–Crippen LogP) is 4.02. The van der Waals surface area contributed by atoms with Gasteiger partial charge < -0.3 is 4.90 Å². The van der Waals surface area contributed by atoms with Gasteiger partial charge in [0, 0.05) is 24.6 Å². The van der Waals surface area contributed by atoms with Crippen LogP contribution in [0.1, 0.15) is 51.4 Å². The van der Waals surface area contributed by atoms with Gasteiger partial charge in [0.1, 0.15) is 16.8 Å². The van der Waals surface area contributed by atoms with Gasteiger partial charge in [0.05, 0.1) is 0 Å². The molecule has 0 bridgehead atoms. The van der Waals surface area contributed by atoms with Crippen LogP contribution in [0.15, 0.2) is 0 Å². The SMILES string of the molecule is CCCc1nc(Cl)c(C)c(N2CCCC2C(C)C)n1. The molecular formula is C15H24ClN3. The fraction of sp³-hybridized carbons (Fsp3) is 0.733. The molecule has 2 heterocycles. The molecule has 1 unspecified atom stereocenters. The van der Waals surface area contributed by atoms with E-state index in [1.165, 1.54) is 12.8 Å². The van der Waals surface area contributed by atoms with Crippen molar-refractivity contribution in [2.24, 2.45) is 5.92 Å². The van der Waals surface area contributed by atoms with E-state index >= 15 is 0 Å². The number of aryl methyl sites for hydroxylation is 1. The number of nitrogens with zero attached hydrogens (tertiary/aromatic N) is 3. The van der Waals surface area contributed by atoms with Crippen LogP contribution in [-0.2, 0) is 6.42 Å². The Morgan fingerprint density at radius 1 is 1.37 bits per heavy atom. The van der Waals surface area contributed by atoms with Crippen LogP contribution < -0.4 is 4.90 Å². The lowest BCUT2D eigenvalue weighted by atomic mass is 10.0. The van der Waals surface area contributed by atoms with Crippen molar-refractivity contribution in [1.29, 1.82) is 0 Å². The third-order valence-corrected chi connectivity index (χ3v) is 4.29. The van der Waals surface area contributed by atoms with E-state index in [9.17, 15) is 0 Å². The van der Waals surface area contributed by atoms with Gasteiger partial charge in [-0.2, -0.15) is 0 Å². The summed E-state index contributed by atoms with van der Waals surface area (Å²) in [6.45, 7) is 9.83. The minimum atomic E-state index is 0.583. The van der Waals surface area contributed by atoms with E-state index in [4.69, 9.17) is 16.6 Å². The summed E-state index contributed by atoms with van der Waals surface area (Å²) in [6.07, 6.45) is 4.44. The van der Waals surface area contributed by atoms with E-state index in [2.05, 4.69) is 30.7 Å². The maximum Gasteiger partial charge on any atom is 0.137 e. The van der Waals surface area contributed by atoms with Crippen LogP contribution in [0, 0.1) is 12.8 Å². The molecule has 106 valence electrons. The van der Waals surface area contributed by atoms with E-state index in [-0.39, 0.29) is 0 Å². The third kappa shape index (κ3) is 3.02. The van der Waals surface area contributed by atoms with Crippen LogP contribution in [0.3, 0.4) is 0 Å². The molecule has 0 saturated carbocycles. The molecule has 0 radical (unpaired) electrons. The molecule has 3 nitrogen and oxygen atoms in total. The number of halogens is 1. The van der Waals surface area contributed by atoms with Gasteiger partial charge >= 0.3 is 0 Å². The summed E-state index contributed by atoms with van der Waals surface area (Å²) in [6, 6.07) is 0.583. The fourth-order valence-electron chi connectivity index (χ4n) is 2.88. The van der Waals surface area contributed by atoms with Gasteiger partial charge in [-0.15, -0.1) is 0 Å². The van der Waals surface area contributed by atoms with E-state index in [0.29, 0.717) is 17.1 Å². The van der Waals surface area contributed by atoms with Gasteiger partial charge in [0.2, 0.25) is 0 Å². The molecule has 19 heavy (non-hydrogen) atoms. The summed E-state index contributed by atoms with van der Waals surface area (Å²) in [5.41, 5.74) is 1.02. The Hall–Kier alpha value is -0.830. The highest BCUT2D eigenvalue weighted by atomic mass is 35.5. The largest absolute Gasteiger partial charge is 0.353 e. The zero-order valence-corrected chi connectivity index (χ0v) is 13.2. The zero-order valence-electron chi connectivity index (χ0n) is 12.4. The average molecular weight is 282 g/mol. The van der Waals surface area contributed by atoms with E-state index in [1.54, 1.807) is 0 Å². The van der Waals surface area contributed by atoms with Gasteiger partial charge in [0.15, 0.2) is 0 Å². The van der Waals surface area contributed by atoms with Crippen molar-refractivity contribution in [1.82, 2.24) is 9.97 Å². The molecule has 0 spiro atoms. The number of rotatable bonds is 4. The first-order valence-corrected chi connectivity index (χ1v) is 7.72. The standard InChI is InChI=1S/C15H24ClN3/c1-5-7-13-17-14(16)11(4)15(18-13)19-9-6-8-12(19)10(2)3/h10,12H,5-9H2,1-4H3. The van der Waals surface area contributed by atoms with Gasteiger partial charge in [-0.05, 0) is 32.1 Å². The van der Waals surface area contributed by atoms with E-state index < -0.39 is 0 Å². The first-order valence-electron chi connectivity index (χ1n) is 7.34. The molecule has 4 heteroatoms. The second kappa shape index (κ2) is 6.08. The molecule has 1 aromatic heterocycles. The van der Waals surface area contributed by atoms with Gasteiger partial charge in [0.25, 0.3) is 0 Å². The monoisotopic (exact) mass is 281 g/mol. The van der Waals surface area contributed by atoms with E-state index in [0.717, 1.165) is 36.6 Å². The molecule has 1 aliphatic heterocycles. The van der Waals surface area contributed by atoms with Crippen molar-refractivity contribution in [3.63, 3.8) is 0 Å². The van der Waals surface area contributed by atoms with Crippen LogP contribution in [0.2, 0.25) is 5.15 Å². The molecule has 0 amide bonds. The molecule has 0 aliphatic carbocycles. The number of anilines is 1. The molecule has 1 aliphatic rings. The second-order valence-corrected chi connectivity index (χ2v) is 6.13. The third-order valence-electron chi connectivity index (χ3n) is 3.92. The molecule has 1 saturated heterocycles. The minimum Gasteiger partial charge on any atom is -0.353 e. The number of hydrogen-bond acceptors (Lipinski definition) is 3. The van der Waals surface area contributed by atoms with Crippen molar-refractivity contribution in [3.05, 3.63) is 16.5 Å². The molecular weight excluding hydrogens is 258 g/mol. The van der Waals surface area contributed by atoms with Gasteiger partial charge in [-0.25, -0.2) is 9.97 Å². The van der Waals surface area contributed by atoms with Crippen LogP contribution in [-0.4, -0.2) is 22.6 Å². The van der Waals surface area contributed by atoms with Crippen LogP contribution in [0.5, 0.6) is 0 Å². The lowest BCUT2D eigenvalue weighted by Crippen LogP contribution is -2.34. The van der Waals surface area contributed by atoms with Crippen molar-refractivity contribution in [3.8, 4) is 0 Å². The summed E-state index contributed by atoms with van der Waals surface area (Å²) in [7, 11) is 0. The Bertz CT molecular complexity index is 445. The summed E-state index contributed by atoms with van der Waals surface area (Å²) >= 11 is 6.28. The Labute approximate surface area is 121 Å². The van der Waals surface area contributed by atoms with Crippen LogP contribution >= 0.6 is 11.6 Å². The number of aromatic nitrogens is 2. The summed E-state index contributed by atoms with van der Waals surface area (Å²) in [4.78, 5) is 11.6. The van der Waals surface area contributed by atoms with Crippen molar-refractivity contribution >= 4 is 17.4 Å². The van der Waals surface area contributed by atoms with Crippen molar-refractivity contribution in [2.75, 3.05) is 11.4 Å². The lowest BCUT2D eigenvalue weighted by Gasteiger charge is -2.30. The normalized spacial score (nSPS) is 19.5. The van der Waals surface area contributed by atoms with Crippen molar-refractivity contribution < 1.29 is 0 Å². The summed E-state index contributed by atoms with van der Waals surface area (Å²) < 4.78 is 0. The quantitative estimate of drug-likeness (QED) is 0.781.